The first-order valence-corrected chi connectivity index (χ1v) is 8.60. The molecule has 19 heavy (non-hydrogen) atoms. The maximum atomic E-state index is 5.89. The van der Waals surface area contributed by atoms with Crippen LogP contribution in [-0.4, -0.2) is 18.8 Å². The normalized spacial score (nSPS) is 12.5. The minimum absolute atomic E-state index is 0.544. The molecular weight excluding hydrogens is 294 g/mol. The summed E-state index contributed by atoms with van der Waals surface area (Å²) in [4.78, 5) is 2.75. The highest BCUT2D eigenvalue weighted by molar-refractivity contribution is 7.99. The van der Waals surface area contributed by atoms with Crippen LogP contribution in [-0.2, 0) is 6.42 Å². The summed E-state index contributed by atoms with van der Waals surface area (Å²) in [5.41, 5.74) is 0. The number of aryl methyl sites for hydroxylation is 1. The van der Waals surface area contributed by atoms with Crippen molar-refractivity contribution in [2.45, 2.75) is 23.8 Å². The van der Waals surface area contributed by atoms with Gasteiger partial charge in [0.05, 0.1) is 0 Å². The highest BCUT2D eigenvalue weighted by atomic mass is 35.5. The van der Waals surface area contributed by atoms with Gasteiger partial charge in [0, 0.05) is 26.6 Å². The number of hydrogen-bond donors (Lipinski definition) is 1. The lowest BCUT2D eigenvalue weighted by atomic mass is 10.1. The van der Waals surface area contributed by atoms with E-state index in [2.05, 4.69) is 35.0 Å². The Labute approximate surface area is 128 Å². The molecule has 1 unspecified atom stereocenters. The van der Waals surface area contributed by atoms with Gasteiger partial charge in [-0.25, -0.2) is 0 Å². The van der Waals surface area contributed by atoms with Gasteiger partial charge < -0.3 is 5.32 Å². The molecule has 2 rings (SSSR count). The second-order valence-corrected chi connectivity index (χ2v) is 6.93. The first-order valence-electron chi connectivity index (χ1n) is 6.36. The van der Waals surface area contributed by atoms with E-state index in [1.54, 1.807) is 0 Å². The molecule has 4 heteroatoms. The number of hydrogen-bond acceptors (Lipinski definition) is 3. The largest absolute Gasteiger partial charge is 0.316 e. The van der Waals surface area contributed by atoms with Crippen LogP contribution in [0.2, 0.25) is 5.02 Å². The minimum atomic E-state index is 0.544. The fourth-order valence-electron chi connectivity index (χ4n) is 1.81. The van der Waals surface area contributed by atoms with Crippen molar-refractivity contribution in [3.63, 3.8) is 0 Å². The predicted molar refractivity (Wildman–Crippen MR) is 87.7 cm³/mol. The number of thiophene rings is 1. The molecule has 1 aromatic carbocycles. The van der Waals surface area contributed by atoms with Crippen LogP contribution < -0.4 is 5.32 Å². The lowest BCUT2D eigenvalue weighted by molar-refractivity contribution is 0.575. The first kappa shape index (κ1) is 14.9. The molecule has 2 aromatic rings. The molecule has 0 bridgehead atoms. The highest BCUT2D eigenvalue weighted by Gasteiger charge is 2.07. The average molecular weight is 312 g/mol. The van der Waals surface area contributed by atoms with Gasteiger partial charge in [-0.2, -0.15) is 0 Å². The summed E-state index contributed by atoms with van der Waals surface area (Å²) >= 11 is 9.61. The van der Waals surface area contributed by atoms with Crippen LogP contribution in [0.1, 0.15) is 11.3 Å². The zero-order valence-corrected chi connectivity index (χ0v) is 13.3. The van der Waals surface area contributed by atoms with Crippen LogP contribution in [0.25, 0.3) is 0 Å². The van der Waals surface area contributed by atoms with Crippen molar-refractivity contribution in [3.05, 3.63) is 51.7 Å². The molecule has 102 valence electrons. The highest BCUT2D eigenvalue weighted by Crippen LogP contribution is 2.22. The van der Waals surface area contributed by atoms with Gasteiger partial charge in [-0.3, -0.25) is 0 Å². The van der Waals surface area contributed by atoms with E-state index in [0.717, 1.165) is 17.2 Å². The molecule has 1 aromatic heterocycles. The number of thioether (sulfide) groups is 1. The Balaban J connectivity index is 1.77. The van der Waals surface area contributed by atoms with Gasteiger partial charge in [0.15, 0.2) is 0 Å². The first-order chi connectivity index (χ1) is 9.28. The van der Waals surface area contributed by atoms with Crippen LogP contribution in [0, 0.1) is 0 Å². The van der Waals surface area contributed by atoms with Gasteiger partial charge in [0.2, 0.25) is 0 Å². The molecule has 1 nitrogen and oxygen atoms in total. The summed E-state index contributed by atoms with van der Waals surface area (Å²) in [5.74, 6) is 1.09. The third-order valence-corrected chi connectivity index (χ3v) is 5.36. The van der Waals surface area contributed by atoms with E-state index in [9.17, 15) is 0 Å². The molecule has 0 aliphatic rings. The summed E-state index contributed by atoms with van der Waals surface area (Å²) in [5, 5.41) is 6.35. The van der Waals surface area contributed by atoms with Crippen molar-refractivity contribution in [1.29, 1.82) is 0 Å². The number of halogens is 1. The van der Waals surface area contributed by atoms with Crippen LogP contribution in [0.4, 0.5) is 0 Å². The molecule has 1 heterocycles. The topological polar surface area (TPSA) is 12.0 Å². The van der Waals surface area contributed by atoms with Crippen molar-refractivity contribution >= 4 is 34.7 Å². The Morgan fingerprint density at radius 1 is 1.26 bits per heavy atom. The summed E-state index contributed by atoms with van der Waals surface area (Å²) in [7, 11) is 2.04. The maximum Gasteiger partial charge on any atom is 0.0406 e. The van der Waals surface area contributed by atoms with Crippen LogP contribution in [0.3, 0.4) is 0 Å². The van der Waals surface area contributed by atoms with Crippen molar-refractivity contribution in [1.82, 2.24) is 5.32 Å². The van der Waals surface area contributed by atoms with E-state index in [4.69, 9.17) is 11.6 Å². The zero-order valence-electron chi connectivity index (χ0n) is 10.9. The summed E-state index contributed by atoms with van der Waals surface area (Å²) in [6.07, 6.45) is 2.34. The Morgan fingerprint density at radius 2 is 2.05 bits per heavy atom. The standard InChI is InChI=1S/C15H18ClNS2/c1-17-13(6-9-14-3-2-10-18-14)11-19-15-7-4-12(16)5-8-15/h2-5,7-8,10,13,17H,6,9,11H2,1H3. The summed E-state index contributed by atoms with van der Waals surface area (Å²) in [6.45, 7) is 0. The lowest BCUT2D eigenvalue weighted by Crippen LogP contribution is -2.28. The Hall–Kier alpha value is -0.480. The smallest absolute Gasteiger partial charge is 0.0406 e. The molecule has 0 aliphatic heterocycles. The van der Waals surface area contributed by atoms with Gasteiger partial charge in [-0.05, 0) is 55.6 Å². The molecule has 0 spiro atoms. The molecule has 1 atom stereocenters. The van der Waals surface area contributed by atoms with E-state index < -0.39 is 0 Å². The van der Waals surface area contributed by atoms with E-state index in [0.29, 0.717) is 6.04 Å². The molecular formula is C15H18ClNS2. The monoisotopic (exact) mass is 311 g/mol. The van der Waals surface area contributed by atoms with Gasteiger partial charge in [-0.15, -0.1) is 23.1 Å². The van der Waals surface area contributed by atoms with E-state index in [-0.39, 0.29) is 0 Å². The van der Waals surface area contributed by atoms with Crippen molar-refractivity contribution in [2.75, 3.05) is 12.8 Å². The van der Waals surface area contributed by atoms with E-state index >= 15 is 0 Å². The molecule has 1 N–H and O–H groups in total. The number of benzene rings is 1. The van der Waals surface area contributed by atoms with Gasteiger partial charge in [0.1, 0.15) is 0 Å². The minimum Gasteiger partial charge on any atom is -0.316 e. The molecule has 0 saturated carbocycles. The van der Waals surface area contributed by atoms with Crippen molar-refractivity contribution in [2.24, 2.45) is 0 Å². The summed E-state index contributed by atoms with van der Waals surface area (Å²) < 4.78 is 0. The SMILES string of the molecule is CNC(CCc1cccs1)CSc1ccc(Cl)cc1. The third kappa shape index (κ3) is 5.19. The predicted octanol–water partition coefficient (Wildman–Crippen LogP) is 4.71. The van der Waals surface area contributed by atoms with Crippen LogP contribution in [0.15, 0.2) is 46.7 Å². The zero-order chi connectivity index (χ0) is 13.5. The molecule has 0 saturated heterocycles. The Kier molecular flexibility index (Phi) is 6.24. The van der Waals surface area contributed by atoms with Crippen LogP contribution in [0.5, 0.6) is 0 Å². The second kappa shape index (κ2) is 7.95. The second-order valence-electron chi connectivity index (χ2n) is 4.37. The fraction of sp³-hybridized carbons (Fsp3) is 0.333. The maximum absolute atomic E-state index is 5.89. The Bertz CT molecular complexity index is 467. The van der Waals surface area contributed by atoms with Gasteiger partial charge in [0.25, 0.3) is 0 Å². The van der Waals surface area contributed by atoms with Gasteiger partial charge >= 0.3 is 0 Å². The van der Waals surface area contributed by atoms with Crippen LogP contribution >= 0.6 is 34.7 Å². The van der Waals surface area contributed by atoms with Crippen molar-refractivity contribution in [3.8, 4) is 0 Å². The average Bonchev–Trinajstić information content (AvgIpc) is 2.94. The molecule has 0 amide bonds. The summed E-state index contributed by atoms with van der Waals surface area (Å²) in [6, 6.07) is 12.9. The lowest BCUT2D eigenvalue weighted by Gasteiger charge is -2.15. The quantitative estimate of drug-likeness (QED) is 0.743. The third-order valence-electron chi connectivity index (χ3n) is 2.99. The van der Waals surface area contributed by atoms with Gasteiger partial charge in [-0.1, -0.05) is 17.7 Å². The molecule has 0 aliphatic carbocycles. The Morgan fingerprint density at radius 3 is 2.68 bits per heavy atom. The fourth-order valence-corrected chi connectivity index (χ4v) is 3.72. The van der Waals surface area contributed by atoms with Crippen molar-refractivity contribution < 1.29 is 0 Å². The number of rotatable bonds is 7. The van der Waals surface area contributed by atoms with E-state index in [1.165, 1.54) is 16.2 Å². The number of nitrogens with one attached hydrogen (secondary N) is 1. The van der Waals surface area contributed by atoms with E-state index in [1.807, 2.05) is 42.3 Å². The molecule has 0 fully saturated rings. The molecule has 0 radical (unpaired) electrons.